The van der Waals surface area contributed by atoms with Crippen LogP contribution in [-0.2, 0) is 28.4 Å². The lowest BCUT2D eigenvalue weighted by molar-refractivity contribution is -0.0132. The van der Waals surface area contributed by atoms with Crippen LogP contribution in [0.1, 0.15) is 10.4 Å². The maximum absolute atomic E-state index is 12.5. The maximum atomic E-state index is 12.5. The van der Waals surface area contributed by atoms with Crippen LogP contribution in [0, 0.1) is 0 Å². The number of aromatic nitrogens is 1. The Balaban J connectivity index is 1.89. The quantitative estimate of drug-likeness (QED) is 0.722. The molecule has 0 aliphatic carbocycles. The van der Waals surface area contributed by atoms with E-state index in [1.807, 2.05) is 0 Å². The summed E-state index contributed by atoms with van der Waals surface area (Å²) in [5, 5.41) is 0. The van der Waals surface area contributed by atoms with Gasteiger partial charge in [-0.15, -0.1) is 0 Å². The molecule has 0 unspecified atom stereocenters. The molecule has 1 aromatic rings. The van der Waals surface area contributed by atoms with Crippen LogP contribution in [0.3, 0.4) is 0 Å². The highest BCUT2D eigenvalue weighted by atomic mass is 16.6. The number of nitrogens with zero attached hydrogens (tertiary/aromatic N) is 1. The van der Waals surface area contributed by atoms with Crippen LogP contribution in [0.2, 0.25) is 0 Å². The van der Waals surface area contributed by atoms with E-state index in [0.29, 0.717) is 65.0 Å². The van der Waals surface area contributed by atoms with Crippen LogP contribution in [0.5, 0.6) is 0 Å². The van der Waals surface area contributed by atoms with Crippen molar-refractivity contribution < 1.29 is 33.2 Å². The zero-order valence-electron chi connectivity index (χ0n) is 14.8. The molecule has 1 aromatic heterocycles. The lowest BCUT2D eigenvalue weighted by Crippen LogP contribution is -2.16. The number of ether oxygens (including phenoxy) is 6. The first-order valence-corrected chi connectivity index (χ1v) is 8.58. The number of pyridine rings is 1. The largest absolute Gasteiger partial charge is 0.495 e. The Bertz CT molecular complexity index is 536. The van der Waals surface area contributed by atoms with E-state index in [9.17, 15) is 4.79 Å². The number of allylic oxidation sites excluding steroid dienone is 1. The molecule has 0 radical (unpaired) electrons. The zero-order valence-corrected chi connectivity index (χ0v) is 14.8. The third-order valence-electron chi connectivity index (χ3n) is 3.28. The molecular weight excluding hydrogens is 342 g/mol. The summed E-state index contributed by atoms with van der Waals surface area (Å²) in [7, 11) is 0. The third-order valence-corrected chi connectivity index (χ3v) is 3.28. The molecule has 1 aliphatic heterocycles. The maximum Gasteiger partial charge on any atom is 0.232 e. The SMILES string of the molecule is O=C(/C1=C/OCCOCCOCCOCCOCCO1)c1cccnc1. The molecule has 0 fully saturated rings. The summed E-state index contributed by atoms with van der Waals surface area (Å²) in [5.74, 6) is -0.201. The molecule has 1 aliphatic rings. The van der Waals surface area contributed by atoms with Gasteiger partial charge in [0.05, 0.1) is 52.9 Å². The van der Waals surface area contributed by atoms with Crippen molar-refractivity contribution in [2.24, 2.45) is 0 Å². The molecule has 0 atom stereocenters. The smallest absolute Gasteiger partial charge is 0.232 e. The summed E-state index contributed by atoms with van der Waals surface area (Å²) in [6.07, 6.45) is 4.39. The van der Waals surface area contributed by atoms with Gasteiger partial charge >= 0.3 is 0 Å². The topological polar surface area (TPSA) is 85.3 Å². The van der Waals surface area contributed by atoms with Crippen molar-refractivity contribution >= 4 is 5.78 Å². The second-order valence-corrected chi connectivity index (χ2v) is 5.22. The van der Waals surface area contributed by atoms with Crippen molar-refractivity contribution in [3.05, 3.63) is 42.1 Å². The van der Waals surface area contributed by atoms with E-state index in [4.69, 9.17) is 28.4 Å². The first-order chi connectivity index (χ1) is 12.9. The molecular formula is C18H25NO7. The van der Waals surface area contributed by atoms with Gasteiger partial charge in [0.15, 0.2) is 0 Å². The number of rotatable bonds is 2. The number of carbonyl (C=O) groups excluding carboxylic acids is 1. The van der Waals surface area contributed by atoms with Crippen molar-refractivity contribution in [3.8, 4) is 0 Å². The second kappa shape index (κ2) is 13.2. The molecule has 0 bridgehead atoms. The van der Waals surface area contributed by atoms with Crippen LogP contribution in [0.15, 0.2) is 36.5 Å². The van der Waals surface area contributed by atoms with Crippen LogP contribution >= 0.6 is 0 Å². The monoisotopic (exact) mass is 367 g/mol. The molecule has 0 spiro atoms. The van der Waals surface area contributed by atoms with E-state index in [2.05, 4.69) is 4.98 Å². The molecule has 2 rings (SSSR count). The van der Waals surface area contributed by atoms with Gasteiger partial charge < -0.3 is 28.4 Å². The first-order valence-electron chi connectivity index (χ1n) is 8.58. The Morgan fingerprint density at radius 3 is 1.96 bits per heavy atom. The van der Waals surface area contributed by atoms with Crippen LogP contribution < -0.4 is 0 Å². The minimum absolute atomic E-state index is 0.0994. The van der Waals surface area contributed by atoms with Gasteiger partial charge in [0.1, 0.15) is 19.5 Å². The van der Waals surface area contributed by atoms with E-state index < -0.39 is 0 Å². The molecule has 2 heterocycles. The fourth-order valence-corrected chi connectivity index (χ4v) is 2.01. The van der Waals surface area contributed by atoms with Crippen molar-refractivity contribution in [2.75, 3.05) is 66.1 Å². The summed E-state index contributed by atoms with van der Waals surface area (Å²) >= 11 is 0. The number of carbonyl (C=O) groups is 1. The molecule has 8 heteroatoms. The molecule has 0 saturated carbocycles. The van der Waals surface area contributed by atoms with Gasteiger partial charge in [-0.05, 0) is 12.1 Å². The predicted octanol–water partition coefficient (Wildman–Crippen LogP) is 1.22. The zero-order chi connectivity index (χ0) is 18.3. The van der Waals surface area contributed by atoms with Gasteiger partial charge in [-0.1, -0.05) is 0 Å². The van der Waals surface area contributed by atoms with Crippen molar-refractivity contribution in [3.63, 3.8) is 0 Å². The molecule has 26 heavy (non-hydrogen) atoms. The Kier molecular flexibility index (Phi) is 10.3. The van der Waals surface area contributed by atoms with E-state index in [1.54, 1.807) is 18.3 Å². The second-order valence-electron chi connectivity index (χ2n) is 5.22. The minimum atomic E-state index is -0.301. The molecule has 0 N–H and O–H groups in total. The molecule has 0 aromatic carbocycles. The van der Waals surface area contributed by atoms with E-state index >= 15 is 0 Å². The summed E-state index contributed by atoms with van der Waals surface area (Å²) in [6.45, 7) is 4.14. The molecule has 144 valence electrons. The molecule has 0 saturated heterocycles. The van der Waals surface area contributed by atoms with Gasteiger partial charge in [-0.3, -0.25) is 9.78 Å². The molecule has 0 amide bonds. The number of hydrogen-bond acceptors (Lipinski definition) is 8. The van der Waals surface area contributed by atoms with Gasteiger partial charge in [0.25, 0.3) is 0 Å². The van der Waals surface area contributed by atoms with E-state index in [0.717, 1.165) is 0 Å². The van der Waals surface area contributed by atoms with Crippen molar-refractivity contribution in [2.45, 2.75) is 0 Å². The summed E-state index contributed by atoms with van der Waals surface area (Å²) in [4.78, 5) is 16.4. The Morgan fingerprint density at radius 2 is 1.38 bits per heavy atom. The Hall–Kier alpha value is -2.00. The van der Waals surface area contributed by atoms with Gasteiger partial charge in [-0.2, -0.15) is 0 Å². The normalized spacial score (nSPS) is 21.2. The van der Waals surface area contributed by atoms with E-state index in [-0.39, 0.29) is 18.1 Å². The minimum Gasteiger partial charge on any atom is -0.495 e. The average Bonchev–Trinajstić information content (AvgIpc) is 2.68. The number of hydrogen-bond donors (Lipinski definition) is 0. The highest BCUT2D eigenvalue weighted by Gasteiger charge is 2.15. The molecule has 8 nitrogen and oxygen atoms in total. The first kappa shape index (κ1) is 20.3. The van der Waals surface area contributed by atoms with Gasteiger partial charge in [-0.25, -0.2) is 0 Å². The highest BCUT2D eigenvalue weighted by Crippen LogP contribution is 2.09. The van der Waals surface area contributed by atoms with E-state index in [1.165, 1.54) is 12.5 Å². The number of ketones is 1. The third kappa shape index (κ3) is 8.39. The van der Waals surface area contributed by atoms with Gasteiger partial charge in [0.2, 0.25) is 11.5 Å². The van der Waals surface area contributed by atoms with Gasteiger partial charge in [0, 0.05) is 18.0 Å². The fraction of sp³-hybridized carbons (Fsp3) is 0.556. The van der Waals surface area contributed by atoms with Crippen molar-refractivity contribution in [1.82, 2.24) is 4.98 Å². The van der Waals surface area contributed by atoms with Crippen molar-refractivity contribution in [1.29, 1.82) is 0 Å². The highest BCUT2D eigenvalue weighted by molar-refractivity contribution is 6.06. The lowest BCUT2D eigenvalue weighted by atomic mass is 10.2. The fourth-order valence-electron chi connectivity index (χ4n) is 2.01. The van der Waals surface area contributed by atoms with Crippen LogP contribution in [0.25, 0.3) is 0 Å². The predicted molar refractivity (Wildman–Crippen MR) is 91.8 cm³/mol. The summed E-state index contributed by atoms with van der Waals surface area (Å²) < 4.78 is 32.4. The van der Waals surface area contributed by atoms with Crippen LogP contribution in [0.4, 0.5) is 0 Å². The summed E-state index contributed by atoms with van der Waals surface area (Å²) in [6, 6.07) is 3.36. The average molecular weight is 367 g/mol. The lowest BCUT2D eigenvalue weighted by Gasteiger charge is -2.12. The number of Topliss-reactive ketones (excluding diaryl/α,β-unsaturated/α-hetero) is 1. The standard InChI is InChI=1S/C18H25NO7/c20-18(16-2-1-3-19-14-16)17-15-25-11-10-23-7-6-21-4-5-22-8-9-24-12-13-26-17/h1-3,14-15H,4-13H2/b17-15-. The van der Waals surface area contributed by atoms with Crippen LogP contribution in [-0.4, -0.2) is 76.8 Å². The Labute approximate surface area is 153 Å². The summed E-state index contributed by atoms with van der Waals surface area (Å²) in [5.41, 5.74) is 0.423. The Morgan fingerprint density at radius 1 is 0.808 bits per heavy atom.